The van der Waals surface area contributed by atoms with Gasteiger partial charge in [0.15, 0.2) is 6.29 Å². The van der Waals surface area contributed by atoms with E-state index in [1.54, 1.807) is 12.1 Å². The summed E-state index contributed by atoms with van der Waals surface area (Å²) in [5.41, 5.74) is 2.58. The van der Waals surface area contributed by atoms with Crippen molar-refractivity contribution in [1.29, 1.82) is 0 Å². The van der Waals surface area contributed by atoms with Gasteiger partial charge in [-0.3, -0.25) is 0 Å². The first kappa shape index (κ1) is 18.3. The first-order chi connectivity index (χ1) is 13.3. The third kappa shape index (κ3) is 4.63. The quantitative estimate of drug-likeness (QED) is 0.821. The molecule has 0 amide bonds. The highest BCUT2D eigenvalue weighted by molar-refractivity contribution is 5.38. The minimum Gasteiger partial charge on any atom is -0.508 e. The summed E-state index contributed by atoms with van der Waals surface area (Å²) >= 11 is 0. The summed E-state index contributed by atoms with van der Waals surface area (Å²) in [7, 11) is 0. The number of piperidine rings is 1. The van der Waals surface area contributed by atoms with E-state index in [9.17, 15) is 5.11 Å². The Morgan fingerprint density at radius 2 is 1.56 bits per heavy atom. The minimum absolute atomic E-state index is 0.109. The van der Waals surface area contributed by atoms with Crippen LogP contribution in [0.4, 0.5) is 0 Å². The third-order valence-corrected chi connectivity index (χ3v) is 5.75. The average Bonchev–Trinajstić information content (AvgIpc) is 2.73. The molecule has 27 heavy (non-hydrogen) atoms. The van der Waals surface area contributed by atoms with E-state index in [2.05, 4.69) is 41.7 Å². The van der Waals surface area contributed by atoms with Crippen molar-refractivity contribution in [3.63, 3.8) is 0 Å². The van der Waals surface area contributed by atoms with Crippen LogP contribution >= 0.6 is 0 Å². The van der Waals surface area contributed by atoms with Crippen LogP contribution in [0, 0.1) is 5.92 Å². The van der Waals surface area contributed by atoms with E-state index in [1.165, 1.54) is 30.4 Å². The van der Waals surface area contributed by atoms with Gasteiger partial charge >= 0.3 is 0 Å². The molecule has 2 N–H and O–H groups in total. The minimum atomic E-state index is -0.109. The third-order valence-electron chi connectivity index (χ3n) is 5.75. The summed E-state index contributed by atoms with van der Waals surface area (Å²) in [5.74, 6) is 2.14. The fourth-order valence-corrected chi connectivity index (χ4v) is 4.31. The van der Waals surface area contributed by atoms with Gasteiger partial charge in [0.2, 0.25) is 0 Å². The first-order valence-corrected chi connectivity index (χ1v) is 10.2. The standard InChI is InChI=1S/C23H29NO3/c25-20-8-4-17(5-9-20)23(19-12-14-24-15-13-19)18-6-10-21(11-7-18)27-22-3-1-2-16-26-22/h4-11,19,22-25H,1-3,12-16H2. The van der Waals surface area contributed by atoms with Crippen molar-refractivity contribution < 1.29 is 14.6 Å². The lowest BCUT2D eigenvalue weighted by Gasteiger charge is -2.32. The van der Waals surface area contributed by atoms with Crippen LogP contribution in [-0.4, -0.2) is 31.1 Å². The van der Waals surface area contributed by atoms with Gasteiger partial charge in [-0.05, 0) is 80.1 Å². The summed E-state index contributed by atoms with van der Waals surface area (Å²) < 4.78 is 11.7. The van der Waals surface area contributed by atoms with E-state index in [0.717, 1.165) is 38.3 Å². The molecule has 0 saturated carbocycles. The molecular formula is C23H29NO3. The lowest BCUT2D eigenvalue weighted by atomic mass is 9.76. The van der Waals surface area contributed by atoms with Gasteiger partial charge in [0.1, 0.15) is 11.5 Å². The number of benzene rings is 2. The Bertz CT molecular complexity index is 701. The maximum absolute atomic E-state index is 9.67. The lowest BCUT2D eigenvalue weighted by molar-refractivity contribution is -0.105. The SMILES string of the molecule is Oc1ccc(C(c2ccc(OC3CCCCO3)cc2)C2CCNCC2)cc1. The fourth-order valence-electron chi connectivity index (χ4n) is 4.31. The Kier molecular flexibility index (Phi) is 5.95. The van der Waals surface area contributed by atoms with Gasteiger partial charge in [0, 0.05) is 12.3 Å². The summed E-state index contributed by atoms with van der Waals surface area (Å²) in [5, 5.41) is 13.1. The fraction of sp³-hybridized carbons (Fsp3) is 0.478. The van der Waals surface area contributed by atoms with Gasteiger partial charge in [-0.2, -0.15) is 0 Å². The van der Waals surface area contributed by atoms with Crippen LogP contribution in [0.3, 0.4) is 0 Å². The first-order valence-electron chi connectivity index (χ1n) is 10.2. The van der Waals surface area contributed by atoms with E-state index in [4.69, 9.17) is 9.47 Å². The lowest BCUT2D eigenvalue weighted by Crippen LogP contribution is -2.31. The molecule has 2 unspecified atom stereocenters. The summed E-state index contributed by atoms with van der Waals surface area (Å²) in [6.45, 7) is 2.93. The van der Waals surface area contributed by atoms with Gasteiger partial charge in [-0.15, -0.1) is 0 Å². The molecule has 4 heteroatoms. The molecule has 4 rings (SSSR count). The number of hydrogen-bond acceptors (Lipinski definition) is 4. The van der Waals surface area contributed by atoms with Crippen molar-refractivity contribution in [3.05, 3.63) is 59.7 Å². The van der Waals surface area contributed by atoms with Crippen LogP contribution in [-0.2, 0) is 4.74 Å². The highest BCUT2D eigenvalue weighted by Gasteiger charge is 2.26. The van der Waals surface area contributed by atoms with Crippen molar-refractivity contribution in [3.8, 4) is 11.5 Å². The molecule has 2 aliphatic heterocycles. The zero-order valence-corrected chi connectivity index (χ0v) is 15.8. The predicted molar refractivity (Wildman–Crippen MR) is 106 cm³/mol. The average molecular weight is 367 g/mol. The molecule has 0 radical (unpaired) electrons. The molecule has 4 nitrogen and oxygen atoms in total. The maximum atomic E-state index is 9.67. The van der Waals surface area contributed by atoms with E-state index >= 15 is 0 Å². The highest BCUT2D eigenvalue weighted by atomic mass is 16.7. The predicted octanol–water partition coefficient (Wildman–Crippen LogP) is 4.43. The topological polar surface area (TPSA) is 50.7 Å². The monoisotopic (exact) mass is 367 g/mol. The second-order valence-corrected chi connectivity index (χ2v) is 7.64. The summed E-state index contributed by atoms with van der Waals surface area (Å²) in [6, 6.07) is 16.2. The van der Waals surface area contributed by atoms with Crippen LogP contribution in [0.25, 0.3) is 0 Å². The van der Waals surface area contributed by atoms with Crippen LogP contribution in [0.15, 0.2) is 48.5 Å². The van der Waals surface area contributed by atoms with Crippen molar-refractivity contribution in [2.45, 2.75) is 44.3 Å². The van der Waals surface area contributed by atoms with Gasteiger partial charge in [-0.1, -0.05) is 24.3 Å². The van der Waals surface area contributed by atoms with Gasteiger partial charge in [0.25, 0.3) is 0 Å². The van der Waals surface area contributed by atoms with E-state index in [-0.39, 0.29) is 6.29 Å². The molecule has 144 valence electrons. The van der Waals surface area contributed by atoms with Gasteiger partial charge < -0.3 is 19.9 Å². The Morgan fingerprint density at radius 3 is 2.19 bits per heavy atom. The largest absolute Gasteiger partial charge is 0.508 e. The highest BCUT2D eigenvalue weighted by Crippen LogP contribution is 2.38. The van der Waals surface area contributed by atoms with Crippen molar-refractivity contribution in [2.75, 3.05) is 19.7 Å². The van der Waals surface area contributed by atoms with E-state index in [0.29, 0.717) is 17.6 Å². The number of rotatable bonds is 5. The van der Waals surface area contributed by atoms with Gasteiger partial charge in [0.05, 0.1) is 6.61 Å². The van der Waals surface area contributed by atoms with Crippen LogP contribution in [0.2, 0.25) is 0 Å². The number of nitrogens with one attached hydrogen (secondary N) is 1. The van der Waals surface area contributed by atoms with E-state index < -0.39 is 0 Å². The number of phenols is 1. The molecular weight excluding hydrogens is 338 g/mol. The second-order valence-electron chi connectivity index (χ2n) is 7.64. The van der Waals surface area contributed by atoms with Crippen LogP contribution < -0.4 is 10.1 Å². The Hall–Kier alpha value is -2.04. The molecule has 0 aliphatic carbocycles. The molecule has 2 aliphatic rings. The number of hydrogen-bond donors (Lipinski definition) is 2. The number of ether oxygens (including phenoxy) is 2. The zero-order valence-electron chi connectivity index (χ0n) is 15.8. The summed E-state index contributed by atoms with van der Waals surface area (Å²) in [4.78, 5) is 0. The second kappa shape index (κ2) is 8.77. The van der Waals surface area contributed by atoms with Gasteiger partial charge in [-0.25, -0.2) is 0 Å². The normalized spacial score (nSPS) is 22.3. The smallest absolute Gasteiger partial charge is 0.199 e. The van der Waals surface area contributed by atoms with Crippen LogP contribution in [0.1, 0.15) is 49.1 Å². The molecule has 2 fully saturated rings. The number of phenolic OH excluding ortho intramolecular Hbond substituents is 1. The molecule has 2 heterocycles. The van der Waals surface area contributed by atoms with E-state index in [1.807, 2.05) is 0 Å². The summed E-state index contributed by atoms with van der Waals surface area (Å²) in [6.07, 6.45) is 5.49. The Labute approximate surface area is 161 Å². The molecule has 2 saturated heterocycles. The Morgan fingerprint density at radius 1 is 0.889 bits per heavy atom. The molecule has 2 aromatic carbocycles. The van der Waals surface area contributed by atoms with Crippen molar-refractivity contribution >= 4 is 0 Å². The van der Waals surface area contributed by atoms with Crippen LogP contribution in [0.5, 0.6) is 11.5 Å². The maximum Gasteiger partial charge on any atom is 0.199 e. The molecule has 0 aromatic heterocycles. The number of aromatic hydroxyl groups is 1. The Balaban J connectivity index is 1.54. The zero-order chi connectivity index (χ0) is 18.5. The van der Waals surface area contributed by atoms with Crippen molar-refractivity contribution in [1.82, 2.24) is 5.32 Å². The van der Waals surface area contributed by atoms with Crippen molar-refractivity contribution in [2.24, 2.45) is 5.92 Å². The molecule has 0 bridgehead atoms. The molecule has 0 spiro atoms. The molecule has 2 atom stereocenters. The molecule has 2 aromatic rings.